The van der Waals surface area contributed by atoms with Gasteiger partial charge in [0.05, 0.1) is 0 Å². The van der Waals surface area contributed by atoms with Crippen LogP contribution in [0.4, 0.5) is 4.39 Å². The SMILES string of the molecule is CC(C)=CCCC1=CC[C@@H](C(=O)c2c(O)cccc2O)[C@H](c2ccccc2F)C1. The van der Waals surface area contributed by atoms with Gasteiger partial charge in [0.25, 0.3) is 0 Å². The Hall–Kier alpha value is -2.88. The van der Waals surface area contributed by atoms with Crippen LogP contribution in [0.3, 0.4) is 0 Å². The van der Waals surface area contributed by atoms with E-state index in [2.05, 4.69) is 26.0 Å². The molecule has 0 unspecified atom stereocenters. The highest BCUT2D eigenvalue weighted by atomic mass is 19.1. The lowest BCUT2D eigenvalue weighted by Gasteiger charge is -2.31. The maximum Gasteiger partial charge on any atom is 0.174 e. The molecule has 0 heterocycles. The highest BCUT2D eigenvalue weighted by molar-refractivity contribution is 6.03. The summed E-state index contributed by atoms with van der Waals surface area (Å²) in [5.74, 6) is -2.07. The van der Waals surface area contributed by atoms with Crippen LogP contribution in [0.25, 0.3) is 0 Å². The standard InChI is InChI=1S/C25H27FO3/c1-16(2)7-5-8-17-13-14-19(20(15-17)18-9-3-4-10-21(18)26)25(29)24-22(27)11-6-12-23(24)28/h3-4,6-7,9-13,19-20,27-28H,5,8,14-15H2,1-2H3/t19-,20+/m1/s1. The molecule has 0 aromatic heterocycles. The van der Waals surface area contributed by atoms with Gasteiger partial charge in [0.2, 0.25) is 0 Å². The van der Waals surface area contributed by atoms with Crippen LogP contribution >= 0.6 is 0 Å². The molecule has 3 rings (SSSR count). The number of carbonyl (C=O) groups is 1. The highest BCUT2D eigenvalue weighted by Gasteiger charge is 2.36. The van der Waals surface area contributed by atoms with E-state index in [1.54, 1.807) is 18.2 Å². The average Bonchev–Trinajstić information content (AvgIpc) is 2.68. The molecule has 1 aliphatic rings. The average molecular weight is 394 g/mol. The molecule has 0 amide bonds. The van der Waals surface area contributed by atoms with Gasteiger partial charge in [-0.1, -0.05) is 47.6 Å². The van der Waals surface area contributed by atoms with Crippen LogP contribution in [-0.4, -0.2) is 16.0 Å². The molecule has 0 aliphatic heterocycles. The molecule has 29 heavy (non-hydrogen) atoms. The number of aromatic hydroxyl groups is 2. The number of hydrogen-bond donors (Lipinski definition) is 2. The lowest BCUT2D eigenvalue weighted by atomic mass is 9.71. The van der Waals surface area contributed by atoms with Gasteiger partial charge in [-0.25, -0.2) is 4.39 Å². The van der Waals surface area contributed by atoms with E-state index in [1.165, 1.54) is 35.4 Å². The van der Waals surface area contributed by atoms with Crippen LogP contribution in [0.1, 0.15) is 61.4 Å². The van der Waals surface area contributed by atoms with Crippen molar-refractivity contribution in [2.45, 2.75) is 45.4 Å². The highest BCUT2D eigenvalue weighted by Crippen LogP contribution is 2.43. The maximum absolute atomic E-state index is 14.6. The van der Waals surface area contributed by atoms with Gasteiger partial charge in [-0.2, -0.15) is 0 Å². The number of phenols is 2. The van der Waals surface area contributed by atoms with Crippen LogP contribution < -0.4 is 0 Å². The third-order valence-electron chi connectivity index (χ3n) is 5.55. The van der Waals surface area contributed by atoms with Crippen LogP contribution in [0.2, 0.25) is 0 Å². The van der Waals surface area contributed by atoms with Crippen LogP contribution in [0.5, 0.6) is 11.5 Å². The summed E-state index contributed by atoms with van der Waals surface area (Å²) in [7, 11) is 0. The summed E-state index contributed by atoms with van der Waals surface area (Å²) >= 11 is 0. The predicted octanol–water partition coefficient (Wildman–Crippen LogP) is 6.29. The quantitative estimate of drug-likeness (QED) is 0.447. The van der Waals surface area contributed by atoms with Gasteiger partial charge in [0.15, 0.2) is 5.78 Å². The number of hydrogen-bond acceptors (Lipinski definition) is 3. The van der Waals surface area contributed by atoms with Gasteiger partial charge in [0, 0.05) is 11.8 Å². The lowest BCUT2D eigenvalue weighted by molar-refractivity contribution is 0.0888. The van der Waals surface area contributed by atoms with Crippen molar-refractivity contribution in [3.8, 4) is 11.5 Å². The zero-order valence-electron chi connectivity index (χ0n) is 16.9. The Morgan fingerprint density at radius 2 is 1.79 bits per heavy atom. The van der Waals surface area contributed by atoms with E-state index < -0.39 is 5.92 Å². The third kappa shape index (κ3) is 4.76. The Morgan fingerprint density at radius 1 is 1.10 bits per heavy atom. The monoisotopic (exact) mass is 394 g/mol. The largest absolute Gasteiger partial charge is 0.507 e. The van der Waals surface area contributed by atoms with Gasteiger partial charge in [-0.15, -0.1) is 0 Å². The fraction of sp³-hybridized carbons (Fsp3) is 0.320. The molecule has 4 heteroatoms. The number of Topliss-reactive ketones (excluding diaryl/α,β-unsaturated/α-hetero) is 1. The van der Waals surface area contributed by atoms with E-state index in [4.69, 9.17) is 0 Å². The number of allylic oxidation sites excluding steroid dienone is 4. The van der Waals surface area contributed by atoms with Crippen molar-refractivity contribution in [1.29, 1.82) is 0 Å². The minimum Gasteiger partial charge on any atom is -0.507 e. The molecule has 0 fully saturated rings. The van der Waals surface area contributed by atoms with Gasteiger partial charge in [-0.3, -0.25) is 4.79 Å². The van der Waals surface area contributed by atoms with Crippen LogP contribution in [0, 0.1) is 11.7 Å². The predicted molar refractivity (Wildman–Crippen MR) is 113 cm³/mol. The van der Waals surface area contributed by atoms with Crippen LogP contribution in [-0.2, 0) is 0 Å². The summed E-state index contributed by atoms with van der Waals surface area (Å²) in [6, 6.07) is 10.8. The van der Waals surface area contributed by atoms with Gasteiger partial charge < -0.3 is 10.2 Å². The molecule has 2 atom stereocenters. The van der Waals surface area contributed by atoms with E-state index in [1.807, 2.05) is 0 Å². The first-order valence-corrected chi connectivity index (χ1v) is 9.99. The molecular weight excluding hydrogens is 367 g/mol. The Balaban J connectivity index is 1.95. The smallest absolute Gasteiger partial charge is 0.174 e. The summed E-state index contributed by atoms with van der Waals surface area (Å²) in [5, 5.41) is 20.3. The van der Waals surface area contributed by atoms with Crippen molar-refractivity contribution in [3.63, 3.8) is 0 Å². The minimum atomic E-state index is -0.543. The molecule has 0 saturated carbocycles. The fourth-order valence-electron chi connectivity index (χ4n) is 4.07. The molecule has 1 aliphatic carbocycles. The van der Waals surface area contributed by atoms with Crippen molar-refractivity contribution in [3.05, 3.63) is 82.7 Å². The van der Waals surface area contributed by atoms with E-state index in [9.17, 15) is 19.4 Å². The maximum atomic E-state index is 14.6. The van der Waals surface area contributed by atoms with Crippen molar-refractivity contribution in [2.75, 3.05) is 0 Å². The first-order valence-electron chi connectivity index (χ1n) is 9.99. The summed E-state index contributed by atoms with van der Waals surface area (Å²) in [4.78, 5) is 13.3. The van der Waals surface area contributed by atoms with Gasteiger partial charge in [-0.05, 0) is 63.3 Å². The van der Waals surface area contributed by atoms with E-state index in [-0.39, 0.29) is 34.6 Å². The van der Waals surface area contributed by atoms with Crippen molar-refractivity contribution in [2.24, 2.45) is 5.92 Å². The van der Waals surface area contributed by atoms with E-state index in [0.717, 1.165) is 12.8 Å². The van der Waals surface area contributed by atoms with Crippen molar-refractivity contribution >= 4 is 5.78 Å². The van der Waals surface area contributed by atoms with E-state index in [0.29, 0.717) is 18.4 Å². The Bertz CT molecular complexity index is 934. The van der Waals surface area contributed by atoms with Crippen molar-refractivity contribution < 1.29 is 19.4 Å². The fourth-order valence-corrected chi connectivity index (χ4v) is 4.07. The number of phenolic OH excluding ortho intramolecular Hbond substituents is 2. The van der Waals surface area contributed by atoms with E-state index >= 15 is 0 Å². The minimum absolute atomic E-state index is 0.0831. The molecule has 2 aromatic carbocycles. The molecule has 2 aromatic rings. The Kier molecular flexibility index (Phi) is 6.53. The molecular formula is C25H27FO3. The first-order chi connectivity index (χ1) is 13.9. The van der Waals surface area contributed by atoms with Gasteiger partial charge in [0.1, 0.15) is 22.9 Å². The molecule has 0 saturated heterocycles. The number of ketones is 1. The lowest BCUT2D eigenvalue weighted by Crippen LogP contribution is -2.26. The Labute approximate surface area is 171 Å². The van der Waals surface area contributed by atoms with Gasteiger partial charge >= 0.3 is 0 Å². The molecule has 3 nitrogen and oxygen atoms in total. The molecule has 0 radical (unpaired) electrons. The zero-order valence-corrected chi connectivity index (χ0v) is 16.9. The third-order valence-corrected chi connectivity index (χ3v) is 5.55. The topological polar surface area (TPSA) is 57.5 Å². The summed E-state index contributed by atoms with van der Waals surface area (Å²) in [5.41, 5.74) is 2.89. The van der Waals surface area contributed by atoms with Crippen LogP contribution in [0.15, 0.2) is 65.8 Å². The molecule has 152 valence electrons. The number of benzene rings is 2. The first kappa shape index (κ1) is 20.8. The number of rotatable bonds is 6. The second-order valence-electron chi connectivity index (χ2n) is 7.89. The summed E-state index contributed by atoms with van der Waals surface area (Å²) in [6.07, 6.45) is 7.07. The Morgan fingerprint density at radius 3 is 2.45 bits per heavy atom. The normalized spacial score (nSPS) is 18.8. The second-order valence-corrected chi connectivity index (χ2v) is 7.89. The summed E-state index contributed by atoms with van der Waals surface area (Å²) < 4.78 is 14.6. The zero-order chi connectivity index (χ0) is 21.0. The van der Waals surface area contributed by atoms with Crippen molar-refractivity contribution in [1.82, 2.24) is 0 Å². The summed E-state index contributed by atoms with van der Waals surface area (Å²) in [6.45, 7) is 4.12. The molecule has 0 bridgehead atoms. The molecule has 2 N–H and O–H groups in total. The number of carbonyl (C=O) groups excluding carboxylic acids is 1. The molecule has 0 spiro atoms. The second kappa shape index (κ2) is 9.08. The number of halogens is 1.